The zero-order chi connectivity index (χ0) is 18.6. The molecule has 1 aliphatic carbocycles. The van der Waals surface area contributed by atoms with Gasteiger partial charge in [-0.1, -0.05) is 24.3 Å². The Labute approximate surface area is 159 Å². The second-order valence-corrected chi connectivity index (χ2v) is 9.58. The van der Waals surface area contributed by atoms with E-state index in [-0.39, 0.29) is 18.5 Å². The van der Waals surface area contributed by atoms with E-state index < -0.39 is 10.0 Å². The van der Waals surface area contributed by atoms with Crippen molar-refractivity contribution in [1.82, 2.24) is 10.2 Å². The van der Waals surface area contributed by atoms with Gasteiger partial charge in [-0.05, 0) is 43.2 Å². The maximum Gasteiger partial charge on any atom is 0.265 e. The molecule has 3 aliphatic rings. The summed E-state index contributed by atoms with van der Waals surface area (Å²) in [5, 5.41) is 4.64. The normalized spacial score (nSPS) is 22.3. The molecule has 1 saturated heterocycles. The minimum Gasteiger partial charge on any atom is -0.352 e. The largest absolute Gasteiger partial charge is 0.352 e. The van der Waals surface area contributed by atoms with Gasteiger partial charge in [0, 0.05) is 30.6 Å². The first-order valence-corrected chi connectivity index (χ1v) is 11.1. The molecule has 0 radical (unpaired) electrons. The Morgan fingerprint density at radius 2 is 1.74 bits per heavy atom. The number of anilines is 1. The minimum atomic E-state index is -3.68. The molecule has 27 heavy (non-hydrogen) atoms. The Hall–Kier alpha value is -2.12. The van der Waals surface area contributed by atoms with E-state index in [0.29, 0.717) is 16.0 Å². The summed E-state index contributed by atoms with van der Waals surface area (Å²) in [7, 11) is -3.68. The summed E-state index contributed by atoms with van der Waals surface area (Å²) in [4.78, 5) is 15.4. The monoisotopic (exact) mass is 385 g/mol. The molecule has 0 aromatic heterocycles. The minimum absolute atomic E-state index is 0.135. The third-order valence-electron chi connectivity index (χ3n) is 5.93. The van der Waals surface area contributed by atoms with Gasteiger partial charge in [0.05, 0.1) is 10.6 Å². The van der Waals surface area contributed by atoms with Gasteiger partial charge in [0.25, 0.3) is 10.0 Å². The first-order chi connectivity index (χ1) is 13.0. The maximum absolute atomic E-state index is 13.0. The summed E-state index contributed by atoms with van der Waals surface area (Å²) in [6, 6.07) is 11.7. The summed E-state index contributed by atoms with van der Waals surface area (Å²) in [5.41, 5.74) is 0.599. The van der Waals surface area contributed by atoms with Crippen LogP contribution in [0.2, 0.25) is 0 Å². The van der Waals surface area contributed by atoms with Crippen LogP contribution in [0.3, 0.4) is 0 Å². The van der Waals surface area contributed by atoms with E-state index in [1.807, 2.05) is 18.2 Å². The van der Waals surface area contributed by atoms with Gasteiger partial charge in [0.1, 0.15) is 6.54 Å². The van der Waals surface area contributed by atoms with E-state index in [0.717, 1.165) is 37.4 Å². The average Bonchev–Trinajstić information content (AvgIpc) is 3.48. The van der Waals surface area contributed by atoms with Crippen molar-refractivity contribution in [2.75, 3.05) is 23.9 Å². The van der Waals surface area contributed by atoms with E-state index in [2.05, 4.69) is 10.2 Å². The van der Waals surface area contributed by atoms with Gasteiger partial charge in [-0.25, -0.2) is 8.42 Å². The van der Waals surface area contributed by atoms with Crippen LogP contribution in [0.5, 0.6) is 0 Å². The SMILES string of the molecule is O=C(CN1c2cccc3cccc(c23)S1(=O)=O)NC1CCN(C2CC2)CC1. The number of nitrogens with zero attached hydrogens (tertiary/aromatic N) is 2. The van der Waals surface area contributed by atoms with Gasteiger partial charge in [0.2, 0.25) is 5.91 Å². The van der Waals surface area contributed by atoms with Crippen molar-refractivity contribution in [1.29, 1.82) is 0 Å². The average molecular weight is 385 g/mol. The number of piperidine rings is 1. The number of carbonyl (C=O) groups excluding carboxylic acids is 1. The van der Waals surface area contributed by atoms with Crippen molar-refractivity contribution in [2.45, 2.75) is 42.7 Å². The highest BCUT2D eigenvalue weighted by Crippen LogP contribution is 2.41. The van der Waals surface area contributed by atoms with Crippen LogP contribution in [-0.2, 0) is 14.8 Å². The van der Waals surface area contributed by atoms with Crippen LogP contribution in [0.15, 0.2) is 41.3 Å². The lowest BCUT2D eigenvalue weighted by atomic mass is 10.0. The zero-order valence-corrected chi connectivity index (χ0v) is 15.9. The van der Waals surface area contributed by atoms with Crippen LogP contribution >= 0.6 is 0 Å². The molecule has 142 valence electrons. The predicted octanol–water partition coefficient (Wildman–Crippen LogP) is 2.09. The fourth-order valence-corrected chi connectivity index (χ4v) is 6.05. The summed E-state index contributed by atoms with van der Waals surface area (Å²) in [6.07, 6.45) is 4.47. The zero-order valence-electron chi connectivity index (χ0n) is 15.1. The quantitative estimate of drug-likeness (QED) is 0.875. The molecule has 2 fully saturated rings. The van der Waals surface area contributed by atoms with E-state index in [4.69, 9.17) is 0 Å². The second-order valence-electron chi connectivity index (χ2n) is 7.75. The Bertz CT molecular complexity index is 1000. The van der Waals surface area contributed by atoms with Crippen LogP contribution in [0, 0.1) is 0 Å². The fourth-order valence-electron chi connectivity index (χ4n) is 4.38. The Balaban J connectivity index is 1.31. The Morgan fingerprint density at radius 1 is 1.04 bits per heavy atom. The number of likely N-dealkylation sites (tertiary alicyclic amines) is 1. The molecule has 5 rings (SSSR count). The van der Waals surface area contributed by atoms with Gasteiger partial charge in [-0.15, -0.1) is 0 Å². The summed E-state index contributed by atoms with van der Waals surface area (Å²) < 4.78 is 27.2. The molecule has 0 unspecified atom stereocenters. The number of carbonyl (C=O) groups is 1. The first-order valence-electron chi connectivity index (χ1n) is 9.62. The molecule has 0 bridgehead atoms. The highest BCUT2D eigenvalue weighted by atomic mass is 32.2. The number of rotatable bonds is 4. The molecule has 0 atom stereocenters. The number of nitrogens with one attached hydrogen (secondary N) is 1. The van der Waals surface area contributed by atoms with E-state index in [9.17, 15) is 13.2 Å². The lowest BCUT2D eigenvalue weighted by molar-refractivity contribution is -0.120. The number of sulfonamides is 1. The van der Waals surface area contributed by atoms with E-state index >= 15 is 0 Å². The van der Waals surface area contributed by atoms with Crippen LogP contribution in [-0.4, -0.2) is 50.9 Å². The van der Waals surface area contributed by atoms with Gasteiger partial charge >= 0.3 is 0 Å². The molecule has 1 amide bonds. The third-order valence-corrected chi connectivity index (χ3v) is 7.73. The number of amides is 1. The van der Waals surface area contributed by atoms with Crippen molar-refractivity contribution < 1.29 is 13.2 Å². The number of hydrogen-bond acceptors (Lipinski definition) is 4. The summed E-state index contributed by atoms with van der Waals surface area (Å²) >= 11 is 0. The molecule has 2 heterocycles. The van der Waals surface area contributed by atoms with Crippen LogP contribution in [0.25, 0.3) is 10.8 Å². The van der Waals surface area contributed by atoms with Gasteiger partial charge in [0.15, 0.2) is 0 Å². The van der Waals surface area contributed by atoms with Crippen LogP contribution < -0.4 is 9.62 Å². The highest BCUT2D eigenvalue weighted by Gasteiger charge is 2.37. The molecule has 2 aromatic rings. The van der Waals surface area contributed by atoms with Crippen molar-refractivity contribution in [2.24, 2.45) is 0 Å². The highest BCUT2D eigenvalue weighted by molar-refractivity contribution is 7.93. The second kappa shape index (κ2) is 6.21. The van der Waals surface area contributed by atoms with E-state index in [1.54, 1.807) is 18.2 Å². The van der Waals surface area contributed by atoms with Crippen molar-refractivity contribution in [3.63, 3.8) is 0 Å². The van der Waals surface area contributed by atoms with Crippen LogP contribution in [0.1, 0.15) is 25.7 Å². The predicted molar refractivity (Wildman–Crippen MR) is 104 cm³/mol. The van der Waals surface area contributed by atoms with Crippen molar-refractivity contribution >= 4 is 32.4 Å². The van der Waals surface area contributed by atoms with Gasteiger partial charge < -0.3 is 10.2 Å². The molecular formula is C20H23N3O3S. The molecule has 1 N–H and O–H groups in total. The van der Waals surface area contributed by atoms with Crippen molar-refractivity contribution in [3.05, 3.63) is 36.4 Å². The molecule has 2 aromatic carbocycles. The smallest absolute Gasteiger partial charge is 0.265 e. The Kier molecular flexibility index (Phi) is 3.91. The van der Waals surface area contributed by atoms with Gasteiger partial charge in [-0.3, -0.25) is 9.10 Å². The van der Waals surface area contributed by atoms with Gasteiger partial charge in [-0.2, -0.15) is 0 Å². The maximum atomic E-state index is 13.0. The number of benzene rings is 2. The molecule has 2 aliphatic heterocycles. The first kappa shape index (κ1) is 17.0. The molecule has 7 heteroatoms. The van der Waals surface area contributed by atoms with E-state index in [1.165, 1.54) is 17.1 Å². The Morgan fingerprint density at radius 3 is 2.44 bits per heavy atom. The van der Waals surface area contributed by atoms with Crippen molar-refractivity contribution in [3.8, 4) is 0 Å². The standard InChI is InChI=1S/C20H23N3O3S/c24-19(21-15-9-11-22(12-10-15)16-7-8-16)13-23-17-5-1-3-14-4-2-6-18(20(14)17)27(23,25)26/h1-6,15-16H,7-13H2,(H,21,24). The molecule has 0 spiro atoms. The fraction of sp³-hybridized carbons (Fsp3) is 0.450. The lowest BCUT2D eigenvalue weighted by Crippen LogP contribution is -2.48. The van der Waals surface area contributed by atoms with Crippen LogP contribution in [0.4, 0.5) is 5.69 Å². The summed E-state index contributed by atoms with van der Waals surface area (Å²) in [5.74, 6) is -0.228. The molecule has 6 nitrogen and oxygen atoms in total. The summed E-state index contributed by atoms with van der Waals surface area (Å²) in [6.45, 7) is 1.86. The number of hydrogen-bond donors (Lipinski definition) is 1. The lowest BCUT2D eigenvalue weighted by Gasteiger charge is -2.32. The molecular weight excluding hydrogens is 362 g/mol. The topological polar surface area (TPSA) is 69.7 Å². The molecule has 1 saturated carbocycles. The third kappa shape index (κ3) is 2.89.